The van der Waals surface area contributed by atoms with Gasteiger partial charge in [-0.15, -0.1) is 0 Å². The molecule has 5 nitrogen and oxygen atoms in total. The van der Waals surface area contributed by atoms with E-state index in [-0.39, 0.29) is 5.60 Å². The van der Waals surface area contributed by atoms with E-state index < -0.39 is 6.10 Å². The third-order valence-corrected chi connectivity index (χ3v) is 2.52. The van der Waals surface area contributed by atoms with Gasteiger partial charge in [-0.05, 0) is 27.7 Å². The maximum absolute atomic E-state index is 9.76. The van der Waals surface area contributed by atoms with Crippen molar-refractivity contribution in [3.8, 4) is 0 Å². The Balaban J connectivity index is 2.23. The van der Waals surface area contributed by atoms with E-state index in [0.717, 1.165) is 11.3 Å². The molecule has 0 aliphatic carbocycles. The van der Waals surface area contributed by atoms with Crippen molar-refractivity contribution < 1.29 is 9.84 Å². The molecule has 2 N–H and O–H groups in total. The lowest BCUT2D eigenvalue weighted by Gasteiger charge is -2.22. The fraction of sp³-hybridized carbons (Fsp3) is 0.769. The maximum Gasteiger partial charge on any atom is 0.0898 e. The second-order valence-corrected chi connectivity index (χ2v) is 5.62. The molecule has 0 bridgehead atoms. The van der Waals surface area contributed by atoms with Crippen LogP contribution in [0.15, 0.2) is 6.20 Å². The fourth-order valence-electron chi connectivity index (χ4n) is 1.60. The fourth-order valence-corrected chi connectivity index (χ4v) is 1.60. The van der Waals surface area contributed by atoms with Crippen molar-refractivity contribution in [2.24, 2.45) is 7.05 Å². The molecule has 1 rings (SSSR count). The normalized spacial score (nSPS) is 13.9. The highest BCUT2D eigenvalue weighted by molar-refractivity contribution is 5.14. The Morgan fingerprint density at radius 3 is 2.67 bits per heavy atom. The minimum Gasteiger partial charge on any atom is -0.389 e. The average molecular weight is 255 g/mol. The molecule has 5 heteroatoms. The standard InChI is InChI=1S/C13H25N3O2/c1-10-11(8-16(5)15-10)6-14-7-12(17)9-18-13(2,3)4/h8,12,14,17H,6-7,9H2,1-5H3. The first-order chi connectivity index (χ1) is 8.28. The summed E-state index contributed by atoms with van der Waals surface area (Å²) in [7, 11) is 1.91. The SMILES string of the molecule is Cc1nn(C)cc1CNCC(O)COC(C)(C)C. The molecule has 1 atom stereocenters. The summed E-state index contributed by atoms with van der Waals surface area (Å²) in [5.41, 5.74) is 1.97. The first kappa shape index (κ1) is 15.1. The topological polar surface area (TPSA) is 59.3 Å². The van der Waals surface area contributed by atoms with Gasteiger partial charge in [-0.3, -0.25) is 4.68 Å². The summed E-state index contributed by atoms with van der Waals surface area (Å²) >= 11 is 0. The van der Waals surface area contributed by atoms with Crippen LogP contribution in [0.4, 0.5) is 0 Å². The van der Waals surface area contributed by atoms with Crippen molar-refractivity contribution in [1.82, 2.24) is 15.1 Å². The first-order valence-electron chi connectivity index (χ1n) is 6.30. The summed E-state index contributed by atoms with van der Waals surface area (Å²) in [5, 5.41) is 17.2. The number of hydrogen-bond acceptors (Lipinski definition) is 4. The molecule has 0 radical (unpaired) electrons. The van der Waals surface area contributed by atoms with Crippen molar-refractivity contribution in [2.45, 2.75) is 45.9 Å². The van der Waals surface area contributed by atoms with Crippen LogP contribution in [0.2, 0.25) is 0 Å². The van der Waals surface area contributed by atoms with Gasteiger partial charge in [0.1, 0.15) is 0 Å². The zero-order valence-corrected chi connectivity index (χ0v) is 12.0. The molecule has 1 aromatic rings. The lowest BCUT2D eigenvalue weighted by atomic mass is 10.2. The van der Waals surface area contributed by atoms with E-state index in [1.165, 1.54) is 0 Å². The van der Waals surface area contributed by atoms with Gasteiger partial charge in [0, 0.05) is 31.9 Å². The highest BCUT2D eigenvalue weighted by atomic mass is 16.5. The lowest BCUT2D eigenvalue weighted by Crippen LogP contribution is -2.33. The van der Waals surface area contributed by atoms with E-state index in [0.29, 0.717) is 19.7 Å². The second kappa shape index (κ2) is 6.31. The molecule has 0 aliphatic heterocycles. The number of rotatable bonds is 6. The van der Waals surface area contributed by atoms with Crippen LogP contribution in [0.25, 0.3) is 0 Å². The number of nitrogens with zero attached hydrogens (tertiary/aromatic N) is 2. The van der Waals surface area contributed by atoms with Gasteiger partial charge in [0.05, 0.1) is 24.0 Å². The number of ether oxygens (including phenoxy) is 1. The summed E-state index contributed by atoms with van der Waals surface area (Å²) in [4.78, 5) is 0. The molecule has 0 aromatic carbocycles. The Kier molecular flexibility index (Phi) is 5.31. The monoisotopic (exact) mass is 255 g/mol. The number of aromatic nitrogens is 2. The predicted molar refractivity (Wildman–Crippen MR) is 71.4 cm³/mol. The molecule has 0 saturated carbocycles. The van der Waals surface area contributed by atoms with Crippen molar-refractivity contribution in [3.63, 3.8) is 0 Å². The number of nitrogens with one attached hydrogen (secondary N) is 1. The molecule has 0 spiro atoms. The van der Waals surface area contributed by atoms with Crippen molar-refractivity contribution in [2.75, 3.05) is 13.2 Å². The van der Waals surface area contributed by atoms with Crippen LogP contribution >= 0.6 is 0 Å². The molecule has 0 amide bonds. The Bertz CT molecular complexity index is 369. The summed E-state index contributed by atoms with van der Waals surface area (Å²) in [5.74, 6) is 0. The molecular weight excluding hydrogens is 230 g/mol. The van der Waals surface area contributed by atoms with Gasteiger partial charge in [0.15, 0.2) is 0 Å². The lowest BCUT2D eigenvalue weighted by molar-refractivity contribution is -0.0479. The molecule has 1 heterocycles. The third-order valence-electron chi connectivity index (χ3n) is 2.52. The molecule has 0 aliphatic rings. The minimum absolute atomic E-state index is 0.207. The van der Waals surface area contributed by atoms with Gasteiger partial charge < -0.3 is 15.2 Å². The molecule has 104 valence electrons. The smallest absolute Gasteiger partial charge is 0.0898 e. The molecule has 0 fully saturated rings. The zero-order chi connectivity index (χ0) is 13.8. The van der Waals surface area contributed by atoms with Crippen LogP contribution in [0.3, 0.4) is 0 Å². The van der Waals surface area contributed by atoms with E-state index >= 15 is 0 Å². The summed E-state index contributed by atoms with van der Waals surface area (Å²) in [6.45, 7) is 9.50. The van der Waals surface area contributed by atoms with Gasteiger partial charge in [-0.25, -0.2) is 0 Å². The number of aliphatic hydroxyl groups excluding tert-OH is 1. The molecule has 1 unspecified atom stereocenters. The van der Waals surface area contributed by atoms with Gasteiger partial charge in [0.25, 0.3) is 0 Å². The Morgan fingerprint density at radius 2 is 2.17 bits per heavy atom. The molecule has 0 saturated heterocycles. The maximum atomic E-state index is 9.76. The summed E-state index contributed by atoms with van der Waals surface area (Å²) in [6, 6.07) is 0. The van der Waals surface area contributed by atoms with Crippen LogP contribution in [-0.2, 0) is 18.3 Å². The highest BCUT2D eigenvalue weighted by Crippen LogP contribution is 2.07. The Morgan fingerprint density at radius 1 is 1.50 bits per heavy atom. The van der Waals surface area contributed by atoms with Crippen molar-refractivity contribution in [1.29, 1.82) is 0 Å². The first-order valence-corrected chi connectivity index (χ1v) is 6.30. The summed E-state index contributed by atoms with van der Waals surface area (Å²) < 4.78 is 7.31. The molecule has 18 heavy (non-hydrogen) atoms. The highest BCUT2D eigenvalue weighted by Gasteiger charge is 2.13. The van der Waals surface area contributed by atoms with Gasteiger partial charge in [-0.1, -0.05) is 0 Å². The van der Waals surface area contributed by atoms with Gasteiger partial charge >= 0.3 is 0 Å². The van der Waals surface area contributed by atoms with Crippen LogP contribution in [-0.4, -0.2) is 39.7 Å². The average Bonchev–Trinajstić information content (AvgIpc) is 2.54. The predicted octanol–water partition coefficient (Wildman–Crippen LogP) is 0.994. The van der Waals surface area contributed by atoms with Gasteiger partial charge in [-0.2, -0.15) is 5.10 Å². The molecule has 1 aromatic heterocycles. The van der Waals surface area contributed by atoms with E-state index in [1.807, 2.05) is 40.9 Å². The quantitative estimate of drug-likeness (QED) is 0.796. The summed E-state index contributed by atoms with van der Waals surface area (Å²) in [6.07, 6.45) is 1.50. The second-order valence-electron chi connectivity index (χ2n) is 5.62. The molecular formula is C13H25N3O2. The van der Waals surface area contributed by atoms with E-state index in [9.17, 15) is 5.11 Å². The van der Waals surface area contributed by atoms with Crippen molar-refractivity contribution >= 4 is 0 Å². The Hall–Kier alpha value is -0.910. The van der Waals surface area contributed by atoms with Crippen LogP contribution in [0.1, 0.15) is 32.0 Å². The van der Waals surface area contributed by atoms with E-state index in [4.69, 9.17) is 4.74 Å². The number of aliphatic hydroxyl groups is 1. The Labute approximate surface area is 109 Å². The minimum atomic E-state index is -0.485. The van der Waals surface area contributed by atoms with Gasteiger partial charge in [0.2, 0.25) is 0 Å². The van der Waals surface area contributed by atoms with Crippen LogP contribution in [0, 0.1) is 6.92 Å². The number of aryl methyl sites for hydroxylation is 2. The van der Waals surface area contributed by atoms with E-state index in [1.54, 1.807) is 4.68 Å². The van der Waals surface area contributed by atoms with Crippen molar-refractivity contribution in [3.05, 3.63) is 17.5 Å². The van der Waals surface area contributed by atoms with Crippen LogP contribution in [0.5, 0.6) is 0 Å². The van der Waals surface area contributed by atoms with E-state index in [2.05, 4.69) is 10.4 Å². The third kappa shape index (κ3) is 5.62. The zero-order valence-electron chi connectivity index (χ0n) is 12.0. The van der Waals surface area contributed by atoms with Crippen LogP contribution < -0.4 is 5.32 Å². The number of hydrogen-bond donors (Lipinski definition) is 2. The largest absolute Gasteiger partial charge is 0.389 e.